The molecule has 94 valence electrons. The fraction of sp³-hybridized carbons (Fsp3) is 0.500. The van der Waals surface area contributed by atoms with Crippen molar-refractivity contribution in [1.29, 1.82) is 0 Å². The zero-order chi connectivity index (χ0) is 13.0. The van der Waals surface area contributed by atoms with Gasteiger partial charge in [-0.05, 0) is 31.4 Å². The summed E-state index contributed by atoms with van der Waals surface area (Å²) in [5.74, 6) is 0.705. The summed E-state index contributed by atoms with van der Waals surface area (Å²) >= 11 is 5.12. The van der Waals surface area contributed by atoms with Gasteiger partial charge >= 0.3 is 0 Å². The SMILES string of the molecule is Cc1ccc(N(C)CCC(C)C)c(C(N)=S)c1. The molecule has 0 aliphatic carbocycles. The summed E-state index contributed by atoms with van der Waals surface area (Å²) in [4.78, 5) is 2.70. The highest BCUT2D eigenvalue weighted by atomic mass is 32.1. The van der Waals surface area contributed by atoms with Crippen LogP contribution in [0.5, 0.6) is 0 Å². The zero-order valence-corrected chi connectivity index (χ0v) is 12.0. The molecule has 17 heavy (non-hydrogen) atoms. The predicted molar refractivity (Wildman–Crippen MR) is 79.8 cm³/mol. The molecule has 0 unspecified atom stereocenters. The number of aryl methyl sites for hydroxylation is 1. The van der Waals surface area contributed by atoms with Gasteiger partial charge in [-0.2, -0.15) is 0 Å². The topological polar surface area (TPSA) is 29.3 Å². The van der Waals surface area contributed by atoms with Crippen LogP contribution in [0.1, 0.15) is 31.4 Å². The van der Waals surface area contributed by atoms with Crippen molar-refractivity contribution in [3.8, 4) is 0 Å². The van der Waals surface area contributed by atoms with Gasteiger partial charge < -0.3 is 10.6 Å². The molecule has 1 aromatic rings. The first kappa shape index (κ1) is 14.0. The van der Waals surface area contributed by atoms with E-state index in [-0.39, 0.29) is 0 Å². The summed E-state index contributed by atoms with van der Waals surface area (Å²) in [5, 5.41) is 0. The van der Waals surface area contributed by atoms with Gasteiger partial charge in [-0.3, -0.25) is 0 Å². The smallest absolute Gasteiger partial charge is 0.106 e. The Morgan fingerprint density at radius 2 is 2.06 bits per heavy atom. The zero-order valence-electron chi connectivity index (χ0n) is 11.2. The van der Waals surface area contributed by atoms with Crippen LogP contribution >= 0.6 is 12.2 Å². The highest BCUT2D eigenvalue weighted by Crippen LogP contribution is 2.21. The molecule has 0 fully saturated rings. The Morgan fingerprint density at radius 3 is 2.59 bits per heavy atom. The molecule has 0 aliphatic rings. The van der Waals surface area contributed by atoms with Crippen LogP contribution < -0.4 is 10.6 Å². The number of hydrogen-bond acceptors (Lipinski definition) is 2. The Morgan fingerprint density at radius 1 is 1.41 bits per heavy atom. The van der Waals surface area contributed by atoms with E-state index in [0.717, 1.165) is 17.8 Å². The standard InChI is InChI=1S/C14H22N2S/c1-10(2)7-8-16(4)13-6-5-11(3)9-12(13)14(15)17/h5-6,9-10H,7-8H2,1-4H3,(H2,15,17). The fourth-order valence-corrected chi connectivity index (χ4v) is 1.92. The maximum atomic E-state index is 5.78. The number of anilines is 1. The van der Waals surface area contributed by atoms with E-state index >= 15 is 0 Å². The van der Waals surface area contributed by atoms with Gasteiger partial charge in [0.15, 0.2) is 0 Å². The van der Waals surface area contributed by atoms with Gasteiger partial charge in [0.25, 0.3) is 0 Å². The summed E-state index contributed by atoms with van der Waals surface area (Å²) in [5.41, 5.74) is 9.08. The van der Waals surface area contributed by atoms with E-state index in [1.54, 1.807) is 0 Å². The summed E-state index contributed by atoms with van der Waals surface area (Å²) in [7, 11) is 2.09. The van der Waals surface area contributed by atoms with Gasteiger partial charge in [-0.25, -0.2) is 0 Å². The normalized spacial score (nSPS) is 10.6. The lowest BCUT2D eigenvalue weighted by atomic mass is 10.1. The molecular formula is C14H22N2S. The minimum atomic E-state index is 0.472. The summed E-state index contributed by atoms with van der Waals surface area (Å²) in [6.45, 7) is 7.55. The number of nitrogens with zero attached hydrogens (tertiary/aromatic N) is 1. The molecule has 0 aromatic heterocycles. The minimum absolute atomic E-state index is 0.472. The number of hydrogen-bond donors (Lipinski definition) is 1. The highest BCUT2D eigenvalue weighted by Gasteiger charge is 2.10. The Balaban J connectivity index is 2.92. The van der Waals surface area contributed by atoms with Crippen LogP contribution in [0, 0.1) is 12.8 Å². The molecule has 2 nitrogen and oxygen atoms in total. The molecule has 0 heterocycles. The van der Waals surface area contributed by atoms with E-state index in [0.29, 0.717) is 10.9 Å². The van der Waals surface area contributed by atoms with E-state index < -0.39 is 0 Å². The van der Waals surface area contributed by atoms with Gasteiger partial charge in [0.05, 0.1) is 0 Å². The molecule has 3 heteroatoms. The lowest BCUT2D eigenvalue weighted by Crippen LogP contribution is -2.23. The lowest BCUT2D eigenvalue weighted by Gasteiger charge is -2.23. The first-order chi connectivity index (χ1) is 7.91. The largest absolute Gasteiger partial charge is 0.389 e. The first-order valence-corrected chi connectivity index (χ1v) is 6.44. The fourth-order valence-electron chi connectivity index (χ4n) is 1.75. The molecule has 0 saturated carbocycles. The highest BCUT2D eigenvalue weighted by molar-refractivity contribution is 7.80. The number of nitrogens with two attached hydrogens (primary N) is 1. The summed E-state index contributed by atoms with van der Waals surface area (Å²) < 4.78 is 0. The second kappa shape index (κ2) is 6.01. The number of benzene rings is 1. The maximum absolute atomic E-state index is 5.78. The van der Waals surface area contributed by atoms with Crippen LogP contribution in [0.4, 0.5) is 5.69 Å². The van der Waals surface area contributed by atoms with Crippen molar-refractivity contribution < 1.29 is 0 Å². The molecule has 1 aromatic carbocycles. The van der Waals surface area contributed by atoms with E-state index in [4.69, 9.17) is 18.0 Å². The van der Waals surface area contributed by atoms with Crippen LogP contribution in [-0.4, -0.2) is 18.6 Å². The second-order valence-corrected chi connectivity index (χ2v) is 5.43. The summed E-state index contributed by atoms with van der Waals surface area (Å²) in [6.07, 6.45) is 1.17. The molecule has 0 radical (unpaired) electrons. The van der Waals surface area contributed by atoms with Gasteiger partial charge in [-0.15, -0.1) is 0 Å². The van der Waals surface area contributed by atoms with E-state index in [9.17, 15) is 0 Å². The third-order valence-corrected chi connectivity index (χ3v) is 3.09. The summed E-state index contributed by atoms with van der Waals surface area (Å²) in [6, 6.07) is 6.26. The second-order valence-electron chi connectivity index (χ2n) is 4.99. The molecule has 0 amide bonds. The molecule has 2 N–H and O–H groups in total. The van der Waals surface area contributed by atoms with Crippen LogP contribution in [-0.2, 0) is 0 Å². The number of rotatable bonds is 5. The van der Waals surface area contributed by atoms with Crippen LogP contribution in [0.2, 0.25) is 0 Å². The minimum Gasteiger partial charge on any atom is -0.389 e. The van der Waals surface area contributed by atoms with Crippen molar-refractivity contribution in [3.63, 3.8) is 0 Å². The molecule has 0 spiro atoms. The van der Waals surface area contributed by atoms with Crippen molar-refractivity contribution in [2.24, 2.45) is 11.7 Å². The Labute approximate surface area is 110 Å². The quantitative estimate of drug-likeness (QED) is 0.814. The van der Waals surface area contributed by atoms with Crippen LogP contribution in [0.25, 0.3) is 0 Å². The predicted octanol–water partition coefficient (Wildman–Crippen LogP) is 3.11. The monoisotopic (exact) mass is 250 g/mol. The van der Waals surface area contributed by atoms with E-state index in [1.165, 1.54) is 12.0 Å². The van der Waals surface area contributed by atoms with E-state index in [1.807, 2.05) is 0 Å². The lowest BCUT2D eigenvalue weighted by molar-refractivity contribution is 0.585. The van der Waals surface area contributed by atoms with Gasteiger partial charge in [0.2, 0.25) is 0 Å². The first-order valence-electron chi connectivity index (χ1n) is 6.03. The molecule has 0 bridgehead atoms. The Kier molecular flexibility index (Phi) is 4.94. The third-order valence-electron chi connectivity index (χ3n) is 2.87. The van der Waals surface area contributed by atoms with Crippen molar-refractivity contribution in [2.45, 2.75) is 27.2 Å². The molecular weight excluding hydrogens is 228 g/mol. The van der Waals surface area contributed by atoms with Crippen molar-refractivity contribution in [2.75, 3.05) is 18.5 Å². The van der Waals surface area contributed by atoms with Gasteiger partial charge in [-0.1, -0.05) is 37.7 Å². The Bertz CT molecular complexity index is 399. The molecule has 0 aliphatic heterocycles. The van der Waals surface area contributed by atoms with Crippen molar-refractivity contribution in [1.82, 2.24) is 0 Å². The molecule has 0 saturated heterocycles. The van der Waals surface area contributed by atoms with Crippen molar-refractivity contribution >= 4 is 22.9 Å². The van der Waals surface area contributed by atoms with Crippen LogP contribution in [0.3, 0.4) is 0 Å². The van der Waals surface area contributed by atoms with Gasteiger partial charge in [0.1, 0.15) is 4.99 Å². The maximum Gasteiger partial charge on any atom is 0.106 e. The number of thiocarbonyl (C=S) groups is 1. The average Bonchev–Trinajstić information content (AvgIpc) is 2.25. The third kappa shape index (κ3) is 4.00. The van der Waals surface area contributed by atoms with E-state index in [2.05, 4.69) is 50.9 Å². The van der Waals surface area contributed by atoms with Gasteiger partial charge in [0, 0.05) is 24.8 Å². The van der Waals surface area contributed by atoms with Crippen LogP contribution in [0.15, 0.2) is 18.2 Å². The molecule has 1 rings (SSSR count). The molecule has 0 atom stereocenters. The average molecular weight is 250 g/mol. The Hall–Kier alpha value is -1.09. The van der Waals surface area contributed by atoms with Crippen molar-refractivity contribution in [3.05, 3.63) is 29.3 Å².